The summed E-state index contributed by atoms with van der Waals surface area (Å²) in [5.74, 6) is -0.0390. The van der Waals surface area contributed by atoms with Crippen molar-refractivity contribution in [2.75, 3.05) is 6.54 Å². The number of amides is 1. The van der Waals surface area contributed by atoms with Crippen LogP contribution in [0.3, 0.4) is 0 Å². The predicted octanol–water partition coefficient (Wildman–Crippen LogP) is 2.73. The van der Waals surface area contributed by atoms with Crippen molar-refractivity contribution in [3.05, 3.63) is 69.6 Å². The molecule has 0 aliphatic carbocycles. The van der Waals surface area contributed by atoms with Gasteiger partial charge in [0, 0.05) is 24.5 Å². The number of nitrogens with zero attached hydrogens (tertiary/aromatic N) is 1. The van der Waals surface area contributed by atoms with Gasteiger partial charge in [0.15, 0.2) is 0 Å². The van der Waals surface area contributed by atoms with Crippen LogP contribution in [-0.4, -0.2) is 22.0 Å². The monoisotopic (exact) mass is 343 g/mol. The van der Waals surface area contributed by atoms with Gasteiger partial charge in [-0.1, -0.05) is 35.9 Å². The number of aromatic amines is 1. The Bertz CT molecular complexity index is 914. The van der Waals surface area contributed by atoms with Gasteiger partial charge in [-0.25, -0.2) is 4.79 Å². The average Bonchev–Trinajstić information content (AvgIpc) is 2.89. The van der Waals surface area contributed by atoms with Crippen LogP contribution in [0.4, 0.5) is 0 Å². The number of carbonyl (C=O) groups is 1. The highest BCUT2D eigenvalue weighted by atomic mass is 35.5. The third-order valence-electron chi connectivity index (χ3n) is 3.87. The van der Waals surface area contributed by atoms with Gasteiger partial charge in [0.2, 0.25) is 5.91 Å². The fraction of sp³-hybridized carbons (Fsp3) is 0.222. The molecule has 0 bridgehead atoms. The van der Waals surface area contributed by atoms with Crippen molar-refractivity contribution in [3.63, 3.8) is 0 Å². The molecular formula is C18H18ClN3O2. The summed E-state index contributed by atoms with van der Waals surface area (Å²) in [6.07, 6.45) is 1.03. The lowest BCUT2D eigenvalue weighted by Crippen LogP contribution is -2.30. The standard InChI is InChI=1S/C18H18ClN3O2/c19-14-5-3-4-13(12-14)8-9-17(23)20-10-11-22-16-7-2-1-6-15(16)21-18(22)24/h1-7,12H,8-11H2,(H,20,23)(H,21,24). The molecular weight excluding hydrogens is 326 g/mol. The van der Waals surface area contributed by atoms with Gasteiger partial charge in [-0.3, -0.25) is 9.36 Å². The van der Waals surface area contributed by atoms with E-state index in [2.05, 4.69) is 10.3 Å². The van der Waals surface area contributed by atoms with Crippen LogP contribution in [0.2, 0.25) is 5.02 Å². The van der Waals surface area contributed by atoms with Gasteiger partial charge < -0.3 is 10.3 Å². The Morgan fingerprint density at radius 1 is 1.17 bits per heavy atom. The second-order valence-electron chi connectivity index (χ2n) is 5.58. The van der Waals surface area contributed by atoms with E-state index in [0.717, 1.165) is 16.6 Å². The van der Waals surface area contributed by atoms with E-state index >= 15 is 0 Å². The third kappa shape index (κ3) is 3.86. The van der Waals surface area contributed by atoms with Crippen molar-refractivity contribution >= 4 is 28.5 Å². The highest BCUT2D eigenvalue weighted by Gasteiger charge is 2.07. The summed E-state index contributed by atoms with van der Waals surface area (Å²) in [5, 5.41) is 3.52. The third-order valence-corrected chi connectivity index (χ3v) is 4.10. The Hall–Kier alpha value is -2.53. The van der Waals surface area contributed by atoms with Crippen LogP contribution < -0.4 is 11.0 Å². The minimum absolute atomic E-state index is 0.0390. The number of halogens is 1. The fourth-order valence-electron chi connectivity index (χ4n) is 2.67. The van der Waals surface area contributed by atoms with Crippen LogP contribution in [0.5, 0.6) is 0 Å². The number of carbonyl (C=O) groups excluding carboxylic acids is 1. The molecule has 24 heavy (non-hydrogen) atoms. The van der Waals surface area contributed by atoms with Crippen LogP contribution in [0.25, 0.3) is 11.0 Å². The summed E-state index contributed by atoms with van der Waals surface area (Å²) < 4.78 is 1.63. The Morgan fingerprint density at radius 2 is 2.00 bits per heavy atom. The number of rotatable bonds is 6. The summed E-state index contributed by atoms with van der Waals surface area (Å²) >= 11 is 5.93. The molecule has 0 spiro atoms. The molecule has 3 aromatic rings. The topological polar surface area (TPSA) is 66.9 Å². The number of aromatic nitrogens is 2. The van der Waals surface area contributed by atoms with E-state index in [-0.39, 0.29) is 11.6 Å². The molecule has 0 saturated carbocycles. The minimum atomic E-state index is -0.163. The van der Waals surface area contributed by atoms with Gasteiger partial charge in [0.25, 0.3) is 0 Å². The minimum Gasteiger partial charge on any atom is -0.354 e. The molecule has 0 atom stereocenters. The number of aryl methyl sites for hydroxylation is 1. The average molecular weight is 344 g/mol. The van der Waals surface area contributed by atoms with Crippen molar-refractivity contribution in [1.82, 2.24) is 14.9 Å². The van der Waals surface area contributed by atoms with Crippen LogP contribution in [0.1, 0.15) is 12.0 Å². The van der Waals surface area contributed by atoms with Crippen LogP contribution in [0, 0.1) is 0 Å². The molecule has 5 nitrogen and oxygen atoms in total. The van der Waals surface area contributed by atoms with E-state index in [1.807, 2.05) is 48.5 Å². The fourth-order valence-corrected chi connectivity index (χ4v) is 2.89. The second-order valence-corrected chi connectivity index (χ2v) is 6.02. The first kappa shape index (κ1) is 16.3. The summed E-state index contributed by atoms with van der Waals surface area (Å²) in [5.41, 5.74) is 2.51. The molecule has 0 saturated heterocycles. The molecule has 0 aliphatic rings. The Morgan fingerprint density at radius 3 is 2.83 bits per heavy atom. The number of nitrogens with one attached hydrogen (secondary N) is 2. The maximum Gasteiger partial charge on any atom is 0.326 e. The van der Waals surface area contributed by atoms with Crippen LogP contribution in [0.15, 0.2) is 53.3 Å². The van der Waals surface area contributed by atoms with Gasteiger partial charge in [-0.15, -0.1) is 0 Å². The first-order chi connectivity index (χ1) is 11.6. The second kappa shape index (κ2) is 7.36. The number of imidazole rings is 1. The Balaban J connectivity index is 1.51. The number of fused-ring (bicyclic) bond motifs is 1. The molecule has 2 N–H and O–H groups in total. The number of hydrogen-bond acceptors (Lipinski definition) is 2. The maximum atomic E-state index is 11.9. The summed E-state index contributed by atoms with van der Waals surface area (Å²) in [6.45, 7) is 0.849. The number of para-hydroxylation sites is 2. The molecule has 2 aromatic carbocycles. The predicted molar refractivity (Wildman–Crippen MR) is 95.3 cm³/mol. The van der Waals surface area contributed by atoms with Gasteiger partial charge in [-0.05, 0) is 36.2 Å². The lowest BCUT2D eigenvalue weighted by Gasteiger charge is -2.07. The molecule has 1 heterocycles. The molecule has 3 rings (SSSR count). The number of H-pyrrole nitrogens is 1. The molecule has 6 heteroatoms. The number of benzene rings is 2. The molecule has 0 fully saturated rings. The zero-order valence-electron chi connectivity index (χ0n) is 13.1. The SMILES string of the molecule is O=C(CCc1cccc(Cl)c1)NCCn1c(=O)[nH]c2ccccc21. The first-order valence-corrected chi connectivity index (χ1v) is 8.20. The highest BCUT2D eigenvalue weighted by Crippen LogP contribution is 2.12. The zero-order valence-corrected chi connectivity index (χ0v) is 13.8. The van der Waals surface area contributed by atoms with Gasteiger partial charge in [0.05, 0.1) is 11.0 Å². The smallest absolute Gasteiger partial charge is 0.326 e. The van der Waals surface area contributed by atoms with Crippen molar-refractivity contribution < 1.29 is 4.79 Å². The quantitative estimate of drug-likeness (QED) is 0.722. The molecule has 0 unspecified atom stereocenters. The van der Waals surface area contributed by atoms with Crippen LogP contribution >= 0.6 is 11.6 Å². The van der Waals surface area contributed by atoms with E-state index in [9.17, 15) is 9.59 Å². The normalized spacial score (nSPS) is 10.9. The molecule has 0 aliphatic heterocycles. The van der Waals surface area contributed by atoms with Crippen molar-refractivity contribution in [2.45, 2.75) is 19.4 Å². The summed E-state index contributed by atoms with van der Waals surface area (Å²) in [7, 11) is 0. The highest BCUT2D eigenvalue weighted by molar-refractivity contribution is 6.30. The van der Waals surface area contributed by atoms with E-state index in [1.165, 1.54) is 0 Å². The van der Waals surface area contributed by atoms with E-state index in [4.69, 9.17) is 11.6 Å². The molecule has 0 radical (unpaired) electrons. The molecule has 124 valence electrons. The summed E-state index contributed by atoms with van der Waals surface area (Å²) in [4.78, 5) is 26.7. The summed E-state index contributed by atoms with van der Waals surface area (Å²) in [6, 6.07) is 15.0. The Labute approximate surface area is 144 Å². The van der Waals surface area contributed by atoms with Crippen LogP contribution in [-0.2, 0) is 17.8 Å². The van der Waals surface area contributed by atoms with E-state index in [1.54, 1.807) is 4.57 Å². The molecule has 1 amide bonds. The maximum absolute atomic E-state index is 11.9. The van der Waals surface area contributed by atoms with E-state index < -0.39 is 0 Å². The van der Waals surface area contributed by atoms with E-state index in [0.29, 0.717) is 31.0 Å². The lowest BCUT2D eigenvalue weighted by atomic mass is 10.1. The van der Waals surface area contributed by atoms with Gasteiger partial charge in [0.1, 0.15) is 0 Å². The molecule has 1 aromatic heterocycles. The Kier molecular flexibility index (Phi) is 5.01. The number of hydrogen-bond donors (Lipinski definition) is 2. The first-order valence-electron chi connectivity index (χ1n) is 7.82. The van der Waals surface area contributed by atoms with Crippen molar-refractivity contribution in [3.8, 4) is 0 Å². The largest absolute Gasteiger partial charge is 0.354 e. The van der Waals surface area contributed by atoms with Crippen molar-refractivity contribution in [1.29, 1.82) is 0 Å². The van der Waals surface area contributed by atoms with Crippen molar-refractivity contribution in [2.24, 2.45) is 0 Å². The van der Waals surface area contributed by atoms with Gasteiger partial charge >= 0.3 is 5.69 Å². The lowest BCUT2D eigenvalue weighted by molar-refractivity contribution is -0.121. The zero-order chi connectivity index (χ0) is 16.9. The van der Waals surface area contributed by atoms with Gasteiger partial charge in [-0.2, -0.15) is 0 Å².